The quantitative estimate of drug-likeness (QED) is 0.567. The minimum Gasteiger partial charge on any atom is -0.198 e. The molecule has 0 saturated carbocycles. The third-order valence-corrected chi connectivity index (χ3v) is 1.81. The summed E-state index contributed by atoms with van der Waals surface area (Å²) in [5, 5.41) is 8.05. The Bertz CT molecular complexity index is 129. The van der Waals surface area contributed by atoms with Gasteiger partial charge in [-0.2, -0.15) is 5.26 Å². The first-order valence-electron chi connectivity index (χ1n) is 2.75. The average Bonchev–Trinajstić information content (AvgIpc) is 1.85. The van der Waals surface area contributed by atoms with Crippen molar-refractivity contribution in [3.8, 4) is 6.07 Å². The predicted octanol–water partition coefficient (Wildman–Crippen LogP) is 1.68. The van der Waals surface area contributed by atoms with Crippen LogP contribution in [-0.4, -0.2) is 12.8 Å². The highest BCUT2D eigenvalue weighted by Gasteiger charge is 2.13. The van der Waals surface area contributed by atoms with E-state index < -0.39 is 8.03 Å². The van der Waals surface area contributed by atoms with Gasteiger partial charge in [-0.25, -0.2) is 0 Å². The summed E-state index contributed by atoms with van der Waals surface area (Å²) in [4.78, 5) is 0. The number of hydrogen-bond donors (Lipinski definition) is 0. The van der Waals surface area contributed by atoms with E-state index in [2.05, 4.69) is 0 Å². The zero-order valence-corrected chi connectivity index (χ0v) is 6.23. The van der Waals surface area contributed by atoms with E-state index in [0.29, 0.717) is 19.2 Å². The first-order chi connectivity index (χ1) is 4.31. The third-order valence-electron chi connectivity index (χ3n) is 0.679. The standard InChI is InChI=1S/C5H9NO2P/c1-2-8-9(7)5-3-4-6/h2-3,5H2,1H3/q+1. The zero-order valence-electron chi connectivity index (χ0n) is 5.33. The lowest BCUT2D eigenvalue weighted by molar-refractivity contribution is 0.350. The maximum atomic E-state index is 10.6. The highest BCUT2D eigenvalue weighted by atomic mass is 31.1. The highest BCUT2D eigenvalue weighted by Crippen LogP contribution is 2.21. The van der Waals surface area contributed by atoms with E-state index >= 15 is 0 Å². The summed E-state index contributed by atoms with van der Waals surface area (Å²) in [6, 6.07) is 1.89. The summed E-state index contributed by atoms with van der Waals surface area (Å²) in [7, 11) is -1.56. The molecule has 1 atom stereocenters. The summed E-state index contributed by atoms with van der Waals surface area (Å²) in [6.45, 7) is 2.24. The van der Waals surface area contributed by atoms with E-state index in [1.165, 1.54) is 0 Å². The predicted molar refractivity (Wildman–Crippen MR) is 34.3 cm³/mol. The van der Waals surface area contributed by atoms with E-state index in [1.807, 2.05) is 6.07 Å². The van der Waals surface area contributed by atoms with Crippen molar-refractivity contribution in [2.75, 3.05) is 12.8 Å². The second kappa shape index (κ2) is 5.68. The van der Waals surface area contributed by atoms with Gasteiger partial charge in [-0.3, -0.25) is 0 Å². The maximum Gasteiger partial charge on any atom is 0.509 e. The van der Waals surface area contributed by atoms with Crippen molar-refractivity contribution in [2.45, 2.75) is 13.3 Å². The lowest BCUT2D eigenvalue weighted by atomic mass is 10.6. The topological polar surface area (TPSA) is 50.1 Å². The van der Waals surface area contributed by atoms with Gasteiger partial charge in [-0.15, -0.1) is 4.52 Å². The van der Waals surface area contributed by atoms with Crippen LogP contribution in [0.1, 0.15) is 13.3 Å². The van der Waals surface area contributed by atoms with Crippen LogP contribution in [0, 0.1) is 11.3 Å². The molecule has 0 bridgehead atoms. The van der Waals surface area contributed by atoms with Gasteiger partial charge in [0.15, 0.2) is 6.16 Å². The molecular formula is C5H9NO2P+. The van der Waals surface area contributed by atoms with E-state index in [4.69, 9.17) is 9.79 Å². The van der Waals surface area contributed by atoms with E-state index in [9.17, 15) is 4.57 Å². The number of nitriles is 1. The molecule has 0 heterocycles. The molecule has 0 aliphatic heterocycles. The average molecular weight is 146 g/mol. The van der Waals surface area contributed by atoms with Crippen molar-refractivity contribution in [3.05, 3.63) is 0 Å². The van der Waals surface area contributed by atoms with Gasteiger partial charge in [-0.05, 0) is 11.5 Å². The van der Waals surface area contributed by atoms with Gasteiger partial charge in [0.1, 0.15) is 0 Å². The van der Waals surface area contributed by atoms with Gasteiger partial charge in [0.25, 0.3) is 0 Å². The third kappa shape index (κ3) is 5.42. The summed E-state index contributed by atoms with van der Waals surface area (Å²) >= 11 is 0. The molecule has 0 radical (unpaired) electrons. The van der Waals surface area contributed by atoms with Gasteiger partial charge in [-0.1, -0.05) is 0 Å². The summed E-state index contributed by atoms with van der Waals surface area (Å²) < 4.78 is 15.3. The monoisotopic (exact) mass is 146 g/mol. The van der Waals surface area contributed by atoms with Crippen LogP contribution in [0.2, 0.25) is 0 Å². The summed E-state index contributed by atoms with van der Waals surface area (Å²) in [6.07, 6.45) is 0.675. The number of nitrogens with zero attached hydrogens (tertiary/aromatic N) is 1. The fourth-order valence-electron chi connectivity index (χ4n) is 0.350. The molecule has 0 amide bonds. The lowest BCUT2D eigenvalue weighted by Gasteiger charge is -1.78. The van der Waals surface area contributed by atoms with Crippen LogP contribution in [0.15, 0.2) is 0 Å². The van der Waals surface area contributed by atoms with Crippen LogP contribution in [0.3, 0.4) is 0 Å². The van der Waals surface area contributed by atoms with Crippen LogP contribution >= 0.6 is 8.03 Å². The minimum atomic E-state index is -1.56. The van der Waals surface area contributed by atoms with Crippen molar-refractivity contribution in [2.24, 2.45) is 0 Å². The van der Waals surface area contributed by atoms with Crippen molar-refractivity contribution < 1.29 is 9.09 Å². The molecule has 4 heteroatoms. The van der Waals surface area contributed by atoms with Gasteiger partial charge >= 0.3 is 8.03 Å². The van der Waals surface area contributed by atoms with E-state index in [0.717, 1.165) is 0 Å². The second-order valence-electron chi connectivity index (χ2n) is 1.38. The molecule has 0 aromatic rings. The van der Waals surface area contributed by atoms with Crippen molar-refractivity contribution in [1.82, 2.24) is 0 Å². The summed E-state index contributed by atoms with van der Waals surface area (Å²) in [5.74, 6) is 0. The van der Waals surface area contributed by atoms with Crippen LogP contribution < -0.4 is 0 Å². The van der Waals surface area contributed by atoms with Crippen LogP contribution in [0.4, 0.5) is 0 Å². The van der Waals surface area contributed by atoms with Crippen LogP contribution in [-0.2, 0) is 9.09 Å². The van der Waals surface area contributed by atoms with E-state index in [-0.39, 0.29) is 0 Å². The van der Waals surface area contributed by atoms with Gasteiger partial charge in [0, 0.05) is 0 Å². The molecule has 0 saturated heterocycles. The smallest absolute Gasteiger partial charge is 0.198 e. The number of rotatable bonds is 4. The first-order valence-corrected chi connectivity index (χ1v) is 4.12. The lowest BCUT2D eigenvalue weighted by Crippen LogP contribution is -1.81. The Hall–Kier alpha value is -0.450. The Balaban J connectivity index is 3.19. The SMILES string of the molecule is CCO[P+](=O)CCC#N. The molecule has 0 aliphatic carbocycles. The Morgan fingerprint density at radius 2 is 2.44 bits per heavy atom. The maximum absolute atomic E-state index is 10.6. The highest BCUT2D eigenvalue weighted by molar-refractivity contribution is 7.39. The van der Waals surface area contributed by atoms with Crippen LogP contribution in [0.5, 0.6) is 0 Å². The fraction of sp³-hybridized carbons (Fsp3) is 0.800. The van der Waals surface area contributed by atoms with Crippen molar-refractivity contribution in [3.63, 3.8) is 0 Å². The second-order valence-corrected chi connectivity index (χ2v) is 2.75. The molecule has 3 nitrogen and oxygen atoms in total. The van der Waals surface area contributed by atoms with Crippen LogP contribution in [0.25, 0.3) is 0 Å². The summed E-state index contributed by atoms with van der Waals surface area (Å²) in [5.41, 5.74) is 0. The molecule has 0 N–H and O–H groups in total. The van der Waals surface area contributed by atoms with Gasteiger partial charge in [0.2, 0.25) is 0 Å². The van der Waals surface area contributed by atoms with E-state index in [1.54, 1.807) is 6.92 Å². The van der Waals surface area contributed by atoms with Gasteiger partial charge in [0.05, 0.1) is 19.1 Å². The van der Waals surface area contributed by atoms with Crippen molar-refractivity contribution in [1.29, 1.82) is 5.26 Å². The molecule has 0 rings (SSSR count). The molecule has 1 unspecified atom stereocenters. The minimum absolute atomic E-state index is 0.315. The first kappa shape index (κ1) is 8.55. The molecule has 0 fully saturated rings. The van der Waals surface area contributed by atoms with Gasteiger partial charge < -0.3 is 0 Å². The van der Waals surface area contributed by atoms with Crippen molar-refractivity contribution >= 4 is 8.03 Å². The molecule has 0 aromatic carbocycles. The zero-order chi connectivity index (χ0) is 7.11. The Labute approximate surface area is 55.5 Å². The fourth-order valence-corrected chi connectivity index (χ4v) is 1.05. The largest absolute Gasteiger partial charge is 0.509 e. The molecule has 50 valence electrons. The Morgan fingerprint density at radius 1 is 1.78 bits per heavy atom. The molecule has 0 aromatic heterocycles. The Kier molecular flexibility index (Phi) is 5.40. The number of hydrogen-bond acceptors (Lipinski definition) is 3. The molecular weight excluding hydrogens is 137 g/mol. The Morgan fingerprint density at radius 3 is 2.89 bits per heavy atom. The molecule has 0 aliphatic rings. The molecule has 0 spiro atoms. The molecule has 9 heavy (non-hydrogen) atoms. The normalized spacial score (nSPS) is 10.4.